The number of aliphatic carboxylic acids is 1. The van der Waals surface area contributed by atoms with E-state index in [-0.39, 0.29) is 32.1 Å². The molecule has 3 amide bonds. The molecule has 8 nitrogen and oxygen atoms in total. The van der Waals surface area contributed by atoms with Gasteiger partial charge in [0.2, 0.25) is 5.91 Å². The van der Waals surface area contributed by atoms with E-state index < -0.39 is 17.5 Å². The van der Waals surface area contributed by atoms with Gasteiger partial charge in [-0.2, -0.15) is 0 Å². The first-order valence-electron chi connectivity index (χ1n) is 6.88. The van der Waals surface area contributed by atoms with Gasteiger partial charge in [-0.25, -0.2) is 9.59 Å². The zero-order chi connectivity index (χ0) is 16.0. The number of urea groups is 1. The highest BCUT2D eigenvalue weighted by Crippen LogP contribution is 2.19. The minimum Gasteiger partial charge on any atom is -0.479 e. The molecule has 0 saturated carbocycles. The molecule has 0 radical (unpaired) electrons. The normalized spacial score (nSPS) is 21.1. The molecule has 1 heterocycles. The summed E-state index contributed by atoms with van der Waals surface area (Å²) in [4.78, 5) is 36.1. The van der Waals surface area contributed by atoms with Crippen LogP contribution in [0.5, 0.6) is 0 Å². The van der Waals surface area contributed by atoms with Crippen LogP contribution in [0.25, 0.3) is 0 Å². The van der Waals surface area contributed by atoms with Crippen molar-refractivity contribution >= 4 is 17.9 Å². The van der Waals surface area contributed by atoms with E-state index in [4.69, 9.17) is 4.74 Å². The van der Waals surface area contributed by atoms with Crippen molar-refractivity contribution in [1.82, 2.24) is 15.5 Å². The number of ether oxygens (including phenoxy) is 1. The van der Waals surface area contributed by atoms with E-state index >= 15 is 0 Å². The fourth-order valence-electron chi connectivity index (χ4n) is 1.85. The van der Waals surface area contributed by atoms with Gasteiger partial charge in [-0.05, 0) is 5.92 Å². The molecule has 0 aromatic heterocycles. The number of hydrogen-bond donors (Lipinski definition) is 3. The van der Waals surface area contributed by atoms with E-state index in [1.54, 1.807) is 0 Å². The highest BCUT2D eigenvalue weighted by Gasteiger charge is 2.44. The van der Waals surface area contributed by atoms with Crippen LogP contribution in [-0.4, -0.2) is 66.8 Å². The number of hydrogen-bond acceptors (Lipinski definition) is 4. The average molecular weight is 301 g/mol. The zero-order valence-electron chi connectivity index (χ0n) is 12.6. The number of amides is 3. The first-order valence-corrected chi connectivity index (χ1v) is 6.88. The van der Waals surface area contributed by atoms with Gasteiger partial charge in [0.1, 0.15) is 6.54 Å². The average Bonchev–Trinajstić information content (AvgIpc) is 2.86. The van der Waals surface area contributed by atoms with Gasteiger partial charge in [-0.3, -0.25) is 4.79 Å². The van der Waals surface area contributed by atoms with Crippen LogP contribution in [0, 0.1) is 5.92 Å². The Labute approximate surface area is 123 Å². The van der Waals surface area contributed by atoms with E-state index in [1.165, 1.54) is 7.05 Å². The molecule has 1 unspecified atom stereocenters. The molecule has 21 heavy (non-hydrogen) atoms. The van der Waals surface area contributed by atoms with E-state index in [0.717, 1.165) is 4.90 Å². The highest BCUT2D eigenvalue weighted by molar-refractivity contribution is 5.89. The summed E-state index contributed by atoms with van der Waals surface area (Å²) in [6.45, 7) is 4.55. The first kappa shape index (κ1) is 17.2. The molecule has 120 valence electrons. The summed E-state index contributed by atoms with van der Waals surface area (Å²) in [6, 6.07) is -0.609. The summed E-state index contributed by atoms with van der Waals surface area (Å²) in [6.07, 6.45) is 0.210. The first-order chi connectivity index (χ1) is 9.77. The lowest BCUT2D eigenvalue weighted by Crippen LogP contribution is -2.58. The molecule has 0 spiro atoms. The highest BCUT2D eigenvalue weighted by atomic mass is 16.5. The molecule has 1 fully saturated rings. The van der Waals surface area contributed by atoms with Gasteiger partial charge in [0.25, 0.3) is 0 Å². The second-order valence-electron chi connectivity index (χ2n) is 5.67. The van der Waals surface area contributed by atoms with Gasteiger partial charge in [-0.15, -0.1) is 0 Å². The number of carboxylic acid groups (broad SMARTS) is 1. The van der Waals surface area contributed by atoms with Crippen LogP contribution in [0.4, 0.5) is 4.79 Å². The number of rotatable bonds is 6. The number of carbonyl (C=O) groups excluding carboxylic acids is 2. The summed E-state index contributed by atoms with van der Waals surface area (Å²) in [5, 5.41) is 14.4. The van der Waals surface area contributed by atoms with E-state index in [2.05, 4.69) is 10.6 Å². The summed E-state index contributed by atoms with van der Waals surface area (Å²) < 4.78 is 5.06. The number of nitrogens with one attached hydrogen (secondary N) is 2. The monoisotopic (exact) mass is 301 g/mol. The van der Waals surface area contributed by atoms with Gasteiger partial charge < -0.3 is 25.4 Å². The molecule has 3 N–H and O–H groups in total. The predicted octanol–water partition coefficient (Wildman–Crippen LogP) is -0.356. The summed E-state index contributed by atoms with van der Waals surface area (Å²) in [5.41, 5.74) is -1.40. The maximum Gasteiger partial charge on any atom is 0.332 e. The topological polar surface area (TPSA) is 108 Å². The number of nitrogens with zero attached hydrogens (tertiary/aromatic N) is 1. The molecule has 0 aromatic rings. The molecule has 0 aromatic carbocycles. The van der Waals surface area contributed by atoms with Gasteiger partial charge in [-0.1, -0.05) is 13.8 Å². The van der Waals surface area contributed by atoms with Gasteiger partial charge in [0, 0.05) is 26.6 Å². The Kier molecular flexibility index (Phi) is 5.95. The maximum atomic E-state index is 12.0. The Balaban J connectivity index is 2.50. The van der Waals surface area contributed by atoms with Gasteiger partial charge in [0.15, 0.2) is 5.54 Å². The standard InChI is InChI=1S/C13H23N3O5/c1-9(2)6-14-10(17)7-16(3)12(20)15-13(11(18)19)4-5-21-8-13/h9H,4-8H2,1-3H3,(H,14,17)(H,15,20)(H,18,19). The smallest absolute Gasteiger partial charge is 0.332 e. The van der Waals surface area contributed by atoms with Crippen LogP contribution in [0.2, 0.25) is 0 Å². The van der Waals surface area contributed by atoms with Crippen LogP contribution in [0.15, 0.2) is 0 Å². The quantitative estimate of drug-likeness (QED) is 0.621. The SMILES string of the molecule is CC(C)CNC(=O)CN(C)C(=O)NC1(C(=O)O)CCOC1. The Hall–Kier alpha value is -1.83. The Morgan fingerprint density at radius 1 is 1.38 bits per heavy atom. The minimum atomic E-state index is -1.40. The minimum absolute atomic E-state index is 0.0680. The van der Waals surface area contributed by atoms with Crippen molar-refractivity contribution in [3.05, 3.63) is 0 Å². The third-order valence-electron chi connectivity index (χ3n) is 3.21. The van der Waals surface area contributed by atoms with Gasteiger partial charge in [0.05, 0.1) is 6.61 Å². The van der Waals surface area contributed by atoms with Crippen LogP contribution in [-0.2, 0) is 14.3 Å². The van der Waals surface area contributed by atoms with E-state index in [0.29, 0.717) is 12.5 Å². The van der Waals surface area contributed by atoms with E-state index in [1.807, 2.05) is 13.8 Å². The fraction of sp³-hybridized carbons (Fsp3) is 0.769. The number of carbonyl (C=O) groups is 3. The largest absolute Gasteiger partial charge is 0.479 e. The van der Waals surface area contributed by atoms with E-state index in [9.17, 15) is 19.5 Å². The molecule has 0 aliphatic carbocycles. The molecule has 1 aliphatic heterocycles. The molecule has 1 aliphatic rings. The summed E-state index contributed by atoms with van der Waals surface area (Å²) >= 11 is 0. The molecule has 1 atom stereocenters. The van der Waals surface area contributed by atoms with Crippen LogP contribution in [0.1, 0.15) is 20.3 Å². The molecule has 1 saturated heterocycles. The van der Waals surface area contributed by atoms with Crippen molar-refractivity contribution in [3.63, 3.8) is 0 Å². The molecule has 0 bridgehead atoms. The Bertz CT molecular complexity index is 405. The summed E-state index contributed by atoms with van der Waals surface area (Å²) in [7, 11) is 1.44. The van der Waals surface area contributed by atoms with Crippen LogP contribution in [0.3, 0.4) is 0 Å². The van der Waals surface area contributed by atoms with Crippen LogP contribution < -0.4 is 10.6 Å². The van der Waals surface area contributed by atoms with Crippen molar-refractivity contribution < 1.29 is 24.2 Å². The Morgan fingerprint density at radius 2 is 2.05 bits per heavy atom. The lowest BCUT2D eigenvalue weighted by Gasteiger charge is -2.27. The second-order valence-corrected chi connectivity index (χ2v) is 5.67. The lowest BCUT2D eigenvalue weighted by molar-refractivity contribution is -0.144. The predicted molar refractivity (Wildman–Crippen MR) is 74.8 cm³/mol. The zero-order valence-corrected chi connectivity index (χ0v) is 12.6. The van der Waals surface area contributed by atoms with Crippen LogP contribution >= 0.6 is 0 Å². The van der Waals surface area contributed by atoms with Crippen molar-refractivity contribution in [3.8, 4) is 0 Å². The van der Waals surface area contributed by atoms with Crippen molar-refractivity contribution in [2.45, 2.75) is 25.8 Å². The molecule has 1 rings (SSSR count). The number of likely N-dealkylation sites (N-methyl/N-ethyl adjacent to an activating group) is 1. The summed E-state index contributed by atoms with van der Waals surface area (Å²) in [5.74, 6) is -1.10. The molecule has 8 heteroatoms. The lowest BCUT2D eigenvalue weighted by atomic mass is 9.99. The Morgan fingerprint density at radius 3 is 2.52 bits per heavy atom. The van der Waals surface area contributed by atoms with Crippen molar-refractivity contribution in [1.29, 1.82) is 0 Å². The maximum absolute atomic E-state index is 12.0. The van der Waals surface area contributed by atoms with Crippen molar-refractivity contribution in [2.24, 2.45) is 5.92 Å². The molecular formula is C13H23N3O5. The third kappa shape index (κ3) is 4.89. The van der Waals surface area contributed by atoms with Gasteiger partial charge >= 0.3 is 12.0 Å². The fourth-order valence-corrected chi connectivity index (χ4v) is 1.85. The molecular weight excluding hydrogens is 278 g/mol. The third-order valence-corrected chi connectivity index (χ3v) is 3.21. The number of carboxylic acids is 1. The second kappa shape index (κ2) is 7.26. The van der Waals surface area contributed by atoms with Crippen molar-refractivity contribution in [2.75, 3.05) is 33.4 Å².